The van der Waals surface area contributed by atoms with Crippen molar-refractivity contribution in [1.29, 1.82) is 0 Å². The summed E-state index contributed by atoms with van der Waals surface area (Å²) in [5.74, 6) is -0.210. The molecule has 3 heterocycles. The normalized spacial score (nSPS) is 16.2. The van der Waals surface area contributed by atoms with Crippen LogP contribution >= 0.6 is 28.3 Å². The molecule has 1 saturated heterocycles. The van der Waals surface area contributed by atoms with Crippen molar-refractivity contribution in [1.82, 2.24) is 20.1 Å². The summed E-state index contributed by atoms with van der Waals surface area (Å²) in [6.07, 6.45) is 4.96. The van der Waals surface area contributed by atoms with Crippen LogP contribution in [0.2, 0.25) is 0 Å². The molecule has 0 radical (unpaired) electrons. The molecule has 0 bridgehead atoms. The first-order valence-corrected chi connectivity index (χ1v) is 9.38. The van der Waals surface area contributed by atoms with E-state index in [9.17, 15) is 4.79 Å². The molecular weight excluding hydrogens is 446 g/mol. The Morgan fingerprint density at radius 2 is 2.11 bits per heavy atom. The second-order valence-corrected chi connectivity index (χ2v) is 6.96. The standard InChI is InChI=1S/C19H18BrN5O2.ClH/c20-18-9-16(5-6-22-18)25-12-14(10-23-25)19(26)24-15-3-1-13(2-4-15)17-11-21-7-8-27-17;/h1-6,9-10,12,17,21H,7-8,11H2,(H,24,26);1H/t17-;/m1./s1. The number of pyridine rings is 1. The van der Waals surface area contributed by atoms with E-state index in [2.05, 4.69) is 36.6 Å². The molecule has 4 rings (SSSR count). The molecule has 0 spiro atoms. The van der Waals surface area contributed by atoms with E-state index in [-0.39, 0.29) is 24.4 Å². The van der Waals surface area contributed by atoms with Gasteiger partial charge in [-0.05, 0) is 45.8 Å². The number of amides is 1. The summed E-state index contributed by atoms with van der Waals surface area (Å²) in [7, 11) is 0. The van der Waals surface area contributed by atoms with E-state index in [1.165, 1.54) is 0 Å². The minimum absolute atomic E-state index is 0. The van der Waals surface area contributed by atoms with Gasteiger partial charge in [0.05, 0.1) is 30.2 Å². The van der Waals surface area contributed by atoms with Crippen LogP contribution in [0.1, 0.15) is 22.0 Å². The average molecular weight is 465 g/mol. The Morgan fingerprint density at radius 3 is 2.82 bits per heavy atom. The van der Waals surface area contributed by atoms with Gasteiger partial charge < -0.3 is 15.4 Å². The molecule has 146 valence electrons. The molecule has 2 aromatic heterocycles. The quantitative estimate of drug-likeness (QED) is 0.579. The molecule has 1 aromatic carbocycles. The highest BCUT2D eigenvalue weighted by atomic mass is 79.9. The SMILES string of the molecule is Cl.O=C(Nc1ccc([C@H]2CNCCO2)cc1)c1cnn(-c2ccnc(Br)c2)c1. The lowest BCUT2D eigenvalue weighted by Gasteiger charge is -2.24. The maximum atomic E-state index is 12.5. The van der Waals surface area contributed by atoms with Gasteiger partial charge in [0.2, 0.25) is 0 Å². The van der Waals surface area contributed by atoms with Gasteiger partial charge in [-0.25, -0.2) is 9.67 Å². The molecule has 0 saturated carbocycles. The molecular formula is C19H19BrClN5O2. The fourth-order valence-corrected chi connectivity index (χ4v) is 3.23. The van der Waals surface area contributed by atoms with Gasteiger partial charge in [-0.2, -0.15) is 5.10 Å². The van der Waals surface area contributed by atoms with E-state index >= 15 is 0 Å². The summed E-state index contributed by atoms with van der Waals surface area (Å²) in [5, 5.41) is 10.5. The minimum Gasteiger partial charge on any atom is -0.371 e. The number of anilines is 1. The van der Waals surface area contributed by atoms with Crippen LogP contribution in [0.25, 0.3) is 5.69 Å². The number of ether oxygens (including phenoxy) is 1. The van der Waals surface area contributed by atoms with Gasteiger partial charge in [0.25, 0.3) is 5.91 Å². The predicted octanol–water partition coefficient (Wildman–Crippen LogP) is 3.36. The van der Waals surface area contributed by atoms with E-state index in [1.54, 1.807) is 23.3 Å². The Kier molecular flexibility index (Phi) is 6.79. The van der Waals surface area contributed by atoms with Crippen LogP contribution in [-0.2, 0) is 4.74 Å². The Bertz CT molecular complexity index is 942. The largest absolute Gasteiger partial charge is 0.371 e. The smallest absolute Gasteiger partial charge is 0.258 e. The molecule has 2 N–H and O–H groups in total. The van der Waals surface area contributed by atoms with Crippen molar-refractivity contribution in [3.63, 3.8) is 0 Å². The van der Waals surface area contributed by atoms with E-state index < -0.39 is 0 Å². The van der Waals surface area contributed by atoms with Crippen LogP contribution in [0.5, 0.6) is 0 Å². The minimum atomic E-state index is -0.210. The Hall–Kier alpha value is -2.26. The van der Waals surface area contributed by atoms with Crippen LogP contribution in [0.3, 0.4) is 0 Å². The van der Waals surface area contributed by atoms with E-state index in [4.69, 9.17) is 4.74 Å². The molecule has 28 heavy (non-hydrogen) atoms. The number of hydrogen-bond donors (Lipinski definition) is 2. The van der Waals surface area contributed by atoms with Gasteiger partial charge in [0, 0.05) is 31.2 Å². The van der Waals surface area contributed by atoms with Gasteiger partial charge in [-0.15, -0.1) is 12.4 Å². The van der Waals surface area contributed by atoms with Crippen molar-refractivity contribution in [2.45, 2.75) is 6.10 Å². The van der Waals surface area contributed by atoms with E-state index in [0.717, 1.165) is 30.0 Å². The zero-order chi connectivity index (χ0) is 18.6. The van der Waals surface area contributed by atoms with Crippen LogP contribution in [-0.4, -0.2) is 40.4 Å². The topological polar surface area (TPSA) is 81.1 Å². The highest BCUT2D eigenvalue weighted by molar-refractivity contribution is 9.10. The number of halogens is 2. The predicted molar refractivity (Wildman–Crippen MR) is 112 cm³/mol. The van der Waals surface area contributed by atoms with Crippen LogP contribution in [0.15, 0.2) is 59.6 Å². The zero-order valence-corrected chi connectivity index (χ0v) is 17.2. The second-order valence-electron chi connectivity index (χ2n) is 6.15. The lowest BCUT2D eigenvalue weighted by molar-refractivity contribution is 0.0277. The fourth-order valence-electron chi connectivity index (χ4n) is 2.88. The number of morpholine rings is 1. The molecule has 3 aromatic rings. The van der Waals surface area contributed by atoms with Gasteiger partial charge in [0.15, 0.2) is 0 Å². The highest BCUT2D eigenvalue weighted by Crippen LogP contribution is 2.21. The summed E-state index contributed by atoms with van der Waals surface area (Å²) in [6.45, 7) is 2.39. The maximum absolute atomic E-state index is 12.5. The molecule has 0 unspecified atom stereocenters. The number of carbonyl (C=O) groups is 1. The highest BCUT2D eigenvalue weighted by Gasteiger charge is 2.16. The summed E-state index contributed by atoms with van der Waals surface area (Å²) < 4.78 is 8.08. The monoisotopic (exact) mass is 463 g/mol. The molecule has 7 nitrogen and oxygen atoms in total. The second kappa shape index (κ2) is 9.29. The van der Waals surface area contributed by atoms with Gasteiger partial charge in [-0.1, -0.05) is 12.1 Å². The third kappa shape index (κ3) is 4.77. The van der Waals surface area contributed by atoms with Gasteiger partial charge in [-0.3, -0.25) is 4.79 Å². The molecule has 1 amide bonds. The number of carbonyl (C=O) groups excluding carboxylic acids is 1. The molecule has 9 heteroatoms. The summed E-state index contributed by atoms with van der Waals surface area (Å²) in [5.41, 5.74) is 3.12. The molecule has 1 atom stereocenters. The van der Waals surface area contributed by atoms with Crippen molar-refractivity contribution in [3.05, 3.63) is 70.7 Å². The van der Waals surface area contributed by atoms with Crippen molar-refractivity contribution in [2.24, 2.45) is 0 Å². The van der Waals surface area contributed by atoms with Crippen molar-refractivity contribution >= 4 is 39.9 Å². The van der Waals surface area contributed by atoms with E-state index in [1.807, 2.05) is 36.4 Å². The Balaban J connectivity index is 0.00000225. The van der Waals surface area contributed by atoms with Crippen LogP contribution in [0, 0.1) is 0 Å². The summed E-state index contributed by atoms with van der Waals surface area (Å²) in [4.78, 5) is 16.6. The average Bonchev–Trinajstić information content (AvgIpc) is 3.20. The molecule has 0 aliphatic carbocycles. The Morgan fingerprint density at radius 1 is 1.29 bits per heavy atom. The third-order valence-corrected chi connectivity index (χ3v) is 4.72. The zero-order valence-electron chi connectivity index (χ0n) is 14.8. The number of benzene rings is 1. The number of hydrogen-bond acceptors (Lipinski definition) is 5. The third-order valence-electron chi connectivity index (χ3n) is 4.29. The van der Waals surface area contributed by atoms with Crippen molar-refractivity contribution in [3.8, 4) is 5.69 Å². The Labute approximate surface area is 177 Å². The first-order valence-electron chi connectivity index (χ1n) is 8.59. The first-order chi connectivity index (χ1) is 13.2. The number of nitrogens with zero attached hydrogens (tertiary/aromatic N) is 3. The fraction of sp³-hybridized carbons (Fsp3) is 0.211. The van der Waals surface area contributed by atoms with Crippen LogP contribution in [0.4, 0.5) is 5.69 Å². The van der Waals surface area contributed by atoms with E-state index in [0.29, 0.717) is 16.8 Å². The van der Waals surface area contributed by atoms with Crippen molar-refractivity contribution in [2.75, 3.05) is 25.0 Å². The first kappa shape index (κ1) is 20.5. The van der Waals surface area contributed by atoms with Crippen molar-refractivity contribution < 1.29 is 9.53 Å². The number of nitrogens with one attached hydrogen (secondary N) is 2. The summed E-state index contributed by atoms with van der Waals surface area (Å²) >= 11 is 3.33. The number of rotatable bonds is 4. The van der Waals surface area contributed by atoms with Crippen LogP contribution < -0.4 is 10.6 Å². The molecule has 1 aliphatic heterocycles. The molecule has 1 aliphatic rings. The molecule has 1 fully saturated rings. The lowest BCUT2D eigenvalue weighted by Crippen LogP contribution is -2.33. The van der Waals surface area contributed by atoms with Gasteiger partial charge >= 0.3 is 0 Å². The van der Waals surface area contributed by atoms with Gasteiger partial charge in [0.1, 0.15) is 4.60 Å². The summed E-state index contributed by atoms with van der Waals surface area (Å²) in [6, 6.07) is 11.4. The maximum Gasteiger partial charge on any atom is 0.258 e. The number of aromatic nitrogens is 3. The lowest BCUT2D eigenvalue weighted by atomic mass is 10.1.